The minimum absolute atomic E-state index is 0.0753. The summed E-state index contributed by atoms with van der Waals surface area (Å²) in [5.74, 6) is -2.12. The van der Waals surface area contributed by atoms with E-state index in [-0.39, 0.29) is 18.8 Å². The van der Waals surface area contributed by atoms with Gasteiger partial charge in [-0.25, -0.2) is 9.78 Å². The first-order chi connectivity index (χ1) is 14.3. The quantitative estimate of drug-likeness (QED) is 0.363. The zero-order valence-corrected chi connectivity index (χ0v) is 17.2. The Hall–Kier alpha value is -3.20. The van der Waals surface area contributed by atoms with Crippen molar-refractivity contribution in [3.05, 3.63) is 54.1 Å². The molecule has 162 valence electrons. The van der Waals surface area contributed by atoms with E-state index >= 15 is 0 Å². The number of amides is 2. The summed E-state index contributed by atoms with van der Waals surface area (Å²) in [5, 5.41) is 14.6. The number of hydrogen-bond donors (Lipinski definition) is 5. The predicted molar refractivity (Wildman–Crippen MR) is 111 cm³/mol. The normalized spacial score (nSPS) is 14.0. The van der Waals surface area contributed by atoms with Crippen LogP contribution in [0.5, 0.6) is 0 Å². The third-order valence-corrected chi connectivity index (χ3v) is 4.57. The zero-order chi connectivity index (χ0) is 22.1. The molecule has 3 atom stereocenters. The van der Waals surface area contributed by atoms with Crippen molar-refractivity contribution >= 4 is 17.8 Å². The average molecular weight is 415 g/mol. The van der Waals surface area contributed by atoms with Gasteiger partial charge in [0.2, 0.25) is 11.8 Å². The second-order valence-corrected chi connectivity index (χ2v) is 7.67. The number of aliphatic carboxylic acids is 1. The first-order valence-corrected chi connectivity index (χ1v) is 9.86. The maximum Gasteiger partial charge on any atom is 0.326 e. The lowest BCUT2D eigenvalue weighted by Gasteiger charge is -2.23. The molecule has 0 saturated heterocycles. The van der Waals surface area contributed by atoms with E-state index in [1.165, 1.54) is 6.33 Å². The van der Waals surface area contributed by atoms with Crippen LogP contribution in [0.1, 0.15) is 31.5 Å². The molecule has 0 bridgehead atoms. The molecule has 0 fully saturated rings. The van der Waals surface area contributed by atoms with Crippen molar-refractivity contribution in [2.45, 2.75) is 51.2 Å². The minimum Gasteiger partial charge on any atom is -0.480 e. The molecule has 2 unspecified atom stereocenters. The predicted octanol–water partition coefficient (Wildman–Crippen LogP) is 0.623. The van der Waals surface area contributed by atoms with E-state index in [0.717, 1.165) is 5.56 Å². The van der Waals surface area contributed by atoms with Crippen LogP contribution in [0.3, 0.4) is 0 Å². The molecule has 0 radical (unpaired) electrons. The molecule has 0 saturated carbocycles. The minimum atomic E-state index is -1.12. The van der Waals surface area contributed by atoms with Crippen LogP contribution >= 0.6 is 0 Å². The van der Waals surface area contributed by atoms with Gasteiger partial charge in [-0.1, -0.05) is 44.2 Å². The summed E-state index contributed by atoms with van der Waals surface area (Å²) in [6, 6.07) is 6.43. The van der Waals surface area contributed by atoms with Crippen LogP contribution in [0.4, 0.5) is 0 Å². The molecule has 9 heteroatoms. The van der Waals surface area contributed by atoms with Crippen molar-refractivity contribution < 1.29 is 19.5 Å². The van der Waals surface area contributed by atoms with Gasteiger partial charge >= 0.3 is 5.97 Å². The Morgan fingerprint density at radius 3 is 2.30 bits per heavy atom. The van der Waals surface area contributed by atoms with Gasteiger partial charge in [0.05, 0.1) is 12.4 Å². The SMILES string of the molecule is CC(C)C[C@H](NC(=O)C(Cc1cnc[nH]1)NC(=O)C(N)Cc1ccccc1)C(=O)O. The van der Waals surface area contributed by atoms with Crippen LogP contribution in [0, 0.1) is 5.92 Å². The number of hydrogen-bond acceptors (Lipinski definition) is 5. The summed E-state index contributed by atoms with van der Waals surface area (Å²) in [5.41, 5.74) is 7.56. The molecule has 0 aliphatic rings. The highest BCUT2D eigenvalue weighted by Crippen LogP contribution is 2.07. The van der Waals surface area contributed by atoms with Gasteiger partial charge < -0.3 is 26.5 Å². The van der Waals surface area contributed by atoms with Gasteiger partial charge in [-0.2, -0.15) is 0 Å². The first-order valence-electron chi connectivity index (χ1n) is 9.86. The molecule has 1 aromatic heterocycles. The van der Waals surface area contributed by atoms with E-state index in [1.54, 1.807) is 6.20 Å². The summed E-state index contributed by atoms with van der Waals surface area (Å²) < 4.78 is 0. The van der Waals surface area contributed by atoms with Crippen LogP contribution in [-0.2, 0) is 27.2 Å². The fraction of sp³-hybridized carbons (Fsp3) is 0.429. The number of imidazole rings is 1. The Bertz CT molecular complexity index is 823. The van der Waals surface area contributed by atoms with Crippen molar-refractivity contribution in [3.8, 4) is 0 Å². The van der Waals surface area contributed by atoms with Crippen molar-refractivity contribution in [1.82, 2.24) is 20.6 Å². The van der Waals surface area contributed by atoms with Gasteiger partial charge in [-0.3, -0.25) is 9.59 Å². The number of aromatic amines is 1. The fourth-order valence-electron chi connectivity index (χ4n) is 3.03. The van der Waals surface area contributed by atoms with Gasteiger partial charge in [0.15, 0.2) is 0 Å². The average Bonchev–Trinajstić information content (AvgIpc) is 3.20. The van der Waals surface area contributed by atoms with Gasteiger partial charge in [0.1, 0.15) is 12.1 Å². The smallest absolute Gasteiger partial charge is 0.326 e. The number of H-pyrrole nitrogens is 1. The lowest BCUT2D eigenvalue weighted by molar-refractivity contribution is -0.142. The number of nitrogens with one attached hydrogen (secondary N) is 3. The lowest BCUT2D eigenvalue weighted by Crippen LogP contribution is -2.55. The second-order valence-electron chi connectivity index (χ2n) is 7.67. The summed E-state index contributed by atoms with van der Waals surface area (Å²) in [7, 11) is 0. The summed E-state index contributed by atoms with van der Waals surface area (Å²) in [4.78, 5) is 43.8. The summed E-state index contributed by atoms with van der Waals surface area (Å²) in [6.45, 7) is 3.74. The van der Waals surface area contributed by atoms with Gasteiger partial charge in [0, 0.05) is 18.3 Å². The number of carbonyl (C=O) groups is 3. The fourth-order valence-corrected chi connectivity index (χ4v) is 3.03. The number of carbonyl (C=O) groups excluding carboxylic acids is 2. The van der Waals surface area contributed by atoms with Crippen molar-refractivity contribution in [2.75, 3.05) is 0 Å². The first kappa shape index (κ1) is 23.1. The second kappa shape index (κ2) is 11.1. The van der Waals surface area contributed by atoms with Gasteiger partial charge in [0.25, 0.3) is 0 Å². The van der Waals surface area contributed by atoms with E-state index in [4.69, 9.17) is 5.73 Å². The number of aromatic nitrogens is 2. The number of carboxylic acids is 1. The number of carboxylic acid groups (broad SMARTS) is 1. The van der Waals surface area contributed by atoms with Crippen LogP contribution in [0.25, 0.3) is 0 Å². The molecular weight excluding hydrogens is 386 g/mol. The maximum atomic E-state index is 12.8. The van der Waals surface area contributed by atoms with Gasteiger partial charge in [-0.15, -0.1) is 0 Å². The molecule has 0 aliphatic heterocycles. The standard InChI is InChI=1S/C21H29N5O4/c1-13(2)8-18(21(29)30)26-20(28)17(10-15-11-23-12-24-15)25-19(27)16(22)9-14-6-4-3-5-7-14/h3-7,11-13,16-18H,8-10,22H2,1-2H3,(H,23,24)(H,25,27)(H,26,28)(H,29,30)/t16?,17?,18-/m0/s1. The van der Waals surface area contributed by atoms with E-state index in [9.17, 15) is 19.5 Å². The molecule has 2 amide bonds. The Balaban J connectivity index is 2.08. The van der Waals surface area contributed by atoms with Crippen LogP contribution < -0.4 is 16.4 Å². The van der Waals surface area contributed by atoms with Crippen LogP contribution in [0.15, 0.2) is 42.9 Å². The number of rotatable bonds is 11. The number of benzene rings is 1. The van der Waals surface area contributed by atoms with E-state index in [2.05, 4.69) is 20.6 Å². The Kier molecular flexibility index (Phi) is 8.54. The molecule has 0 aliphatic carbocycles. The largest absolute Gasteiger partial charge is 0.480 e. The van der Waals surface area contributed by atoms with E-state index < -0.39 is 35.9 Å². The molecular formula is C21H29N5O4. The molecule has 2 aromatic rings. The van der Waals surface area contributed by atoms with Crippen LogP contribution in [-0.4, -0.2) is 51.0 Å². The lowest BCUT2D eigenvalue weighted by atomic mass is 10.0. The Morgan fingerprint density at radius 2 is 1.73 bits per heavy atom. The Morgan fingerprint density at radius 1 is 1.07 bits per heavy atom. The maximum absolute atomic E-state index is 12.8. The topological polar surface area (TPSA) is 150 Å². The van der Waals surface area contributed by atoms with Crippen molar-refractivity contribution in [2.24, 2.45) is 11.7 Å². The highest BCUT2D eigenvalue weighted by atomic mass is 16.4. The highest BCUT2D eigenvalue weighted by Gasteiger charge is 2.29. The third-order valence-electron chi connectivity index (χ3n) is 4.57. The Labute approximate surface area is 175 Å². The highest BCUT2D eigenvalue weighted by molar-refractivity contribution is 5.92. The zero-order valence-electron chi connectivity index (χ0n) is 17.2. The van der Waals surface area contributed by atoms with E-state index in [0.29, 0.717) is 12.1 Å². The number of nitrogens with zero attached hydrogens (tertiary/aromatic N) is 1. The molecule has 6 N–H and O–H groups in total. The summed E-state index contributed by atoms with van der Waals surface area (Å²) >= 11 is 0. The molecule has 2 rings (SSSR count). The van der Waals surface area contributed by atoms with Crippen molar-refractivity contribution in [3.63, 3.8) is 0 Å². The monoisotopic (exact) mass is 415 g/mol. The van der Waals surface area contributed by atoms with E-state index in [1.807, 2.05) is 44.2 Å². The molecule has 30 heavy (non-hydrogen) atoms. The number of nitrogens with two attached hydrogens (primary N) is 1. The molecule has 9 nitrogen and oxygen atoms in total. The molecule has 0 spiro atoms. The molecule has 1 heterocycles. The molecule has 1 aromatic carbocycles. The summed E-state index contributed by atoms with van der Waals surface area (Å²) in [6.07, 6.45) is 3.73. The van der Waals surface area contributed by atoms with Crippen LogP contribution in [0.2, 0.25) is 0 Å². The van der Waals surface area contributed by atoms with Gasteiger partial charge in [-0.05, 0) is 24.3 Å². The third kappa shape index (κ3) is 7.32. The van der Waals surface area contributed by atoms with Crippen molar-refractivity contribution in [1.29, 1.82) is 0 Å².